The second kappa shape index (κ2) is 16.7. The summed E-state index contributed by atoms with van der Waals surface area (Å²) in [4.78, 5) is 21.1. The van der Waals surface area contributed by atoms with E-state index in [1.807, 2.05) is 26.0 Å². The van der Waals surface area contributed by atoms with Gasteiger partial charge in [0.2, 0.25) is 0 Å². The van der Waals surface area contributed by atoms with Crippen LogP contribution in [-0.4, -0.2) is 97.1 Å². The van der Waals surface area contributed by atoms with E-state index in [1.165, 1.54) is 0.515 Å². The van der Waals surface area contributed by atoms with Crippen molar-refractivity contribution in [1.82, 2.24) is 4.90 Å². The second-order valence-corrected chi connectivity index (χ2v) is 5.27. The van der Waals surface area contributed by atoms with E-state index in [4.69, 9.17) is 10.2 Å². The third kappa shape index (κ3) is 77.3. The fraction of sp³-hybridized carbons (Fsp3) is 0.556. The first-order valence-electron chi connectivity index (χ1n) is 4.52. The molecule has 0 saturated heterocycles. The molecule has 0 saturated carbocycles. The molecule has 2 N–H and O–H groups in total. The maximum absolute atomic E-state index is 9.55. The van der Waals surface area contributed by atoms with Gasteiger partial charge in [-0.3, -0.25) is 0 Å². The van der Waals surface area contributed by atoms with Crippen LogP contribution in [0.15, 0.2) is 12.2 Å². The van der Waals surface area contributed by atoms with E-state index in [0.29, 0.717) is 12.2 Å². The Morgan fingerprint density at radius 3 is 1.33 bits per heavy atom. The molecule has 0 fully saturated rings. The zero-order valence-electron chi connectivity index (χ0n) is 10.0. The van der Waals surface area contributed by atoms with Crippen molar-refractivity contribution in [3.63, 3.8) is 0 Å². The van der Waals surface area contributed by atoms with E-state index in [1.54, 1.807) is 0 Å². The number of carboxylic acid groups (broad SMARTS) is 2. The number of rotatable bonds is 2. The van der Waals surface area contributed by atoms with E-state index in [0.717, 1.165) is 49.0 Å². The number of hydrogen-bond acceptors (Lipinski definition) is 3. The standard InChI is InChI=1S/C4H4O4.C3H9N.C2H5.K/c5-3(6)1-2-4(7)8;1-4(2)3;1-2;/h1-2H,(H,5,6)(H,7,8);1-3H3;1H2,2H3;/b2-1+;;;. The Hall–Kier alpha value is 0.276. The molecule has 0 heterocycles. The Kier molecular flexibility index (Phi) is 23.0. The van der Waals surface area contributed by atoms with E-state index < -0.39 is 11.9 Å². The maximum Gasteiger partial charge on any atom is 0.328 e. The normalized spacial score (nSPS) is 8.73. The van der Waals surface area contributed by atoms with Crippen LogP contribution in [0, 0.1) is 0 Å². The van der Waals surface area contributed by atoms with Gasteiger partial charge in [0.05, 0.1) is 0 Å². The molecule has 0 aromatic carbocycles. The summed E-state index contributed by atoms with van der Waals surface area (Å²) in [6.45, 7) is 2.21. The van der Waals surface area contributed by atoms with Gasteiger partial charge in [-0.1, -0.05) is 0 Å². The fourth-order valence-electron chi connectivity index (χ4n) is 0.143. The van der Waals surface area contributed by atoms with Crippen LogP contribution in [0.1, 0.15) is 6.92 Å². The van der Waals surface area contributed by atoms with Gasteiger partial charge in [0.15, 0.2) is 0 Å². The minimum Gasteiger partial charge on any atom is -0.478 e. The third-order valence-electron chi connectivity index (χ3n) is 0.368. The van der Waals surface area contributed by atoms with Gasteiger partial charge >= 0.3 is 68.3 Å². The van der Waals surface area contributed by atoms with E-state index >= 15 is 0 Å². The smallest absolute Gasteiger partial charge is 0.328 e. The van der Waals surface area contributed by atoms with E-state index in [9.17, 15) is 9.59 Å². The number of carbonyl (C=O) groups is 2. The molecular weight excluding hydrogens is 225 g/mol. The van der Waals surface area contributed by atoms with Crippen LogP contribution in [0.25, 0.3) is 0 Å². The SMILES string of the molecule is CN(C)C.C[CH2][K].O=C(O)/C=C/C(=O)O. The zero-order valence-corrected chi connectivity index (χ0v) is 13.1. The van der Waals surface area contributed by atoms with Crippen LogP contribution in [-0.2, 0) is 9.59 Å². The quantitative estimate of drug-likeness (QED) is 0.545. The van der Waals surface area contributed by atoms with Gasteiger partial charge < -0.3 is 15.1 Å². The summed E-state index contributed by atoms with van der Waals surface area (Å²) in [5, 5.41) is 15.6. The molecule has 15 heavy (non-hydrogen) atoms. The topological polar surface area (TPSA) is 77.8 Å². The Bertz CT molecular complexity index is 174. The summed E-state index contributed by atoms with van der Waals surface area (Å²) in [5.41, 5.74) is 0. The van der Waals surface area contributed by atoms with Crippen LogP contribution < -0.4 is 0 Å². The van der Waals surface area contributed by atoms with Crippen molar-refractivity contribution < 1.29 is 19.8 Å². The van der Waals surface area contributed by atoms with Crippen molar-refractivity contribution in [2.45, 2.75) is 7.44 Å². The van der Waals surface area contributed by atoms with Crippen LogP contribution in [0.3, 0.4) is 0 Å². The first-order valence-corrected chi connectivity index (χ1v) is 6.73. The number of nitrogens with zero attached hydrogens (tertiary/aromatic N) is 1. The van der Waals surface area contributed by atoms with Gasteiger partial charge in [-0.15, -0.1) is 0 Å². The van der Waals surface area contributed by atoms with Crippen molar-refractivity contribution >= 4 is 60.9 Å². The molecule has 0 aromatic rings. The first kappa shape index (κ1) is 20.7. The van der Waals surface area contributed by atoms with E-state index in [2.05, 4.69) is 6.92 Å². The molecule has 0 aromatic heterocycles. The second-order valence-electron chi connectivity index (χ2n) is 3.06. The van der Waals surface area contributed by atoms with Crippen LogP contribution in [0.2, 0.25) is 0.515 Å². The molecule has 84 valence electrons. The molecular formula is C9H18KNO4. The van der Waals surface area contributed by atoms with Crippen LogP contribution >= 0.6 is 0 Å². The van der Waals surface area contributed by atoms with Gasteiger partial charge in [-0.25, -0.2) is 9.59 Å². The first-order chi connectivity index (χ1) is 6.77. The van der Waals surface area contributed by atoms with E-state index in [-0.39, 0.29) is 0 Å². The monoisotopic (exact) mass is 243 g/mol. The minimum absolute atomic E-state index is 0.558. The summed E-state index contributed by atoms with van der Waals surface area (Å²) < 4.78 is 1.44. The number of hydrogen-bond donors (Lipinski definition) is 2. The fourth-order valence-corrected chi connectivity index (χ4v) is 0.143. The molecule has 0 unspecified atom stereocenters. The number of aliphatic carboxylic acids is 2. The Morgan fingerprint density at radius 1 is 1.13 bits per heavy atom. The van der Waals surface area contributed by atoms with Gasteiger partial charge in [0.25, 0.3) is 0 Å². The molecule has 0 rings (SSSR count). The van der Waals surface area contributed by atoms with Gasteiger partial charge in [-0.2, -0.15) is 0 Å². The Morgan fingerprint density at radius 2 is 1.27 bits per heavy atom. The van der Waals surface area contributed by atoms with Crippen molar-refractivity contribution in [3.05, 3.63) is 12.2 Å². The van der Waals surface area contributed by atoms with Gasteiger partial charge in [0, 0.05) is 12.2 Å². The van der Waals surface area contributed by atoms with Gasteiger partial charge in [0.1, 0.15) is 0 Å². The molecule has 0 bridgehead atoms. The average Bonchev–Trinajstić information content (AvgIpc) is 2.01. The molecule has 0 radical (unpaired) electrons. The molecule has 5 nitrogen and oxygen atoms in total. The molecule has 0 aliphatic heterocycles. The largest absolute Gasteiger partial charge is 0.478 e. The predicted octanol–water partition coefficient (Wildman–Crippen LogP) is 0.483. The summed E-state index contributed by atoms with van der Waals surface area (Å²) in [5.74, 6) is -2.51. The summed E-state index contributed by atoms with van der Waals surface area (Å²) in [7, 11) is 6.00. The molecule has 0 amide bonds. The molecule has 0 aliphatic carbocycles. The van der Waals surface area contributed by atoms with Crippen LogP contribution in [0.5, 0.6) is 0 Å². The summed E-state index contributed by atoms with van der Waals surface area (Å²) >= 11 is 1.10. The molecule has 0 atom stereocenters. The molecule has 0 spiro atoms. The van der Waals surface area contributed by atoms with Crippen molar-refractivity contribution in [3.8, 4) is 0 Å². The average molecular weight is 243 g/mol. The predicted molar refractivity (Wildman–Crippen MR) is 60.3 cm³/mol. The van der Waals surface area contributed by atoms with Crippen molar-refractivity contribution in [2.75, 3.05) is 21.1 Å². The zero-order chi connectivity index (χ0) is 12.9. The minimum atomic E-state index is -1.26. The van der Waals surface area contributed by atoms with Crippen molar-refractivity contribution in [1.29, 1.82) is 0 Å². The number of carboxylic acids is 2. The summed E-state index contributed by atoms with van der Waals surface area (Å²) in [6, 6.07) is 0. The Balaban J connectivity index is -0.000000173. The Labute approximate surface area is 125 Å². The maximum atomic E-state index is 9.55. The van der Waals surface area contributed by atoms with Crippen LogP contribution in [0.4, 0.5) is 0 Å². The van der Waals surface area contributed by atoms with Crippen molar-refractivity contribution in [2.24, 2.45) is 0 Å². The van der Waals surface area contributed by atoms with Gasteiger partial charge in [-0.05, 0) is 21.1 Å². The molecule has 6 heteroatoms. The molecule has 0 aliphatic rings. The third-order valence-corrected chi connectivity index (χ3v) is 0.368. The summed E-state index contributed by atoms with van der Waals surface area (Å²) in [6.07, 6.45) is 1.12.